The molecule has 0 amide bonds. The summed E-state index contributed by atoms with van der Waals surface area (Å²) in [6, 6.07) is 4.23. The second-order valence-electron chi connectivity index (χ2n) is 4.59. The van der Waals surface area contributed by atoms with Crippen LogP contribution < -0.4 is 9.47 Å². The molecule has 5 heteroatoms. The molecule has 0 heterocycles. The van der Waals surface area contributed by atoms with Crippen LogP contribution in [0.1, 0.15) is 19.4 Å². The molecule has 1 aromatic carbocycles. The average Bonchev–Trinajstić information content (AvgIpc) is 2.39. The van der Waals surface area contributed by atoms with Gasteiger partial charge >= 0.3 is 0 Å². The Morgan fingerprint density at radius 1 is 1.21 bits per heavy atom. The summed E-state index contributed by atoms with van der Waals surface area (Å²) in [6.45, 7) is 5.72. The molecule has 1 aromatic rings. The first-order valence-electron chi connectivity index (χ1n) is 6.28. The van der Waals surface area contributed by atoms with Crippen molar-refractivity contribution in [2.24, 2.45) is 0 Å². The Hall–Kier alpha value is -0.780. The molecule has 108 valence electrons. The van der Waals surface area contributed by atoms with Gasteiger partial charge in [0.2, 0.25) is 0 Å². The molecular weight excluding hydrogens is 310 g/mol. The Balaban J connectivity index is 3.03. The molecule has 0 saturated heterocycles. The van der Waals surface area contributed by atoms with Gasteiger partial charge in [0.25, 0.3) is 0 Å². The van der Waals surface area contributed by atoms with Crippen LogP contribution in [0.5, 0.6) is 11.5 Å². The first-order valence-corrected chi connectivity index (χ1v) is 7.08. The molecule has 0 aliphatic carbocycles. The van der Waals surface area contributed by atoms with Gasteiger partial charge in [0, 0.05) is 24.7 Å². The van der Waals surface area contributed by atoms with Gasteiger partial charge in [-0.1, -0.05) is 0 Å². The number of aliphatic hydroxyl groups is 1. The van der Waals surface area contributed by atoms with Crippen LogP contribution in [-0.4, -0.2) is 43.4 Å². The molecule has 0 radical (unpaired) electrons. The predicted molar refractivity (Wildman–Crippen MR) is 79.9 cm³/mol. The summed E-state index contributed by atoms with van der Waals surface area (Å²) in [5.41, 5.74) is 1.05. The quantitative estimate of drug-likeness (QED) is 0.834. The van der Waals surface area contributed by atoms with E-state index in [1.165, 1.54) is 0 Å². The molecular formula is C14H22BrNO3. The summed E-state index contributed by atoms with van der Waals surface area (Å²) in [6.07, 6.45) is 0. The maximum absolute atomic E-state index is 9.13. The number of benzene rings is 1. The molecule has 0 atom stereocenters. The number of nitrogens with zero attached hydrogens (tertiary/aromatic N) is 1. The van der Waals surface area contributed by atoms with E-state index in [-0.39, 0.29) is 6.61 Å². The van der Waals surface area contributed by atoms with Gasteiger partial charge in [-0.3, -0.25) is 4.90 Å². The topological polar surface area (TPSA) is 41.9 Å². The van der Waals surface area contributed by atoms with Crippen molar-refractivity contribution < 1.29 is 14.6 Å². The lowest BCUT2D eigenvalue weighted by Crippen LogP contribution is -2.33. The molecule has 1 N–H and O–H groups in total. The van der Waals surface area contributed by atoms with Gasteiger partial charge in [0.1, 0.15) is 11.5 Å². The van der Waals surface area contributed by atoms with E-state index in [4.69, 9.17) is 14.6 Å². The standard InChI is InChI=1S/C14H22BrNO3/c1-10(2)16(5-6-17)9-11-7-14(19-4)12(15)8-13(11)18-3/h7-8,10,17H,5-6,9H2,1-4H3. The van der Waals surface area contributed by atoms with Gasteiger partial charge < -0.3 is 14.6 Å². The van der Waals surface area contributed by atoms with E-state index in [1.54, 1.807) is 14.2 Å². The van der Waals surface area contributed by atoms with Gasteiger partial charge in [-0.2, -0.15) is 0 Å². The molecule has 1 rings (SSSR count). The molecule has 19 heavy (non-hydrogen) atoms. The molecule has 0 unspecified atom stereocenters. The van der Waals surface area contributed by atoms with Crippen LogP contribution in [0.25, 0.3) is 0 Å². The lowest BCUT2D eigenvalue weighted by molar-refractivity contribution is 0.158. The van der Waals surface area contributed by atoms with Gasteiger partial charge in [0.05, 0.1) is 25.3 Å². The van der Waals surface area contributed by atoms with Crippen molar-refractivity contribution in [2.75, 3.05) is 27.4 Å². The number of hydrogen-bond acceptors (Lipinski definition) is 4. The number of ether oxygens (including phenoxy) is 2. The molecule has 4 nitrogen and oxygen atoms in total. The summed E-state index contributed by atoms with van der Waals surface area (Å²) >= 11 is 3.45. The number of rotatable bonds is 7. The highest BCUT2D eigenvalue weighted by Crippen LogP contribution is 2.33. The SMILES string of the molecule is COc1cc(CN(CCO)C(C)C)c(OC)cc1Br. The summed E-state index contributed by atoms with van der Waals surface area (Å²) < 4.78 is 11.6. The largest absolute Gasteiger partial charge is 0.496 e. The Morgan fingerprint density at radius 2 is 1.84 bits per heavy atom. The monoisotopic (exact) mass is 331 g/mol. The van der Waals surface area contributed by atoms with Crippen LogP contribution in [0.3, 0.4) is 0 Å². The van der Waals surface area contributed by atoms with E-state index < -0.39 is 0 Å². The highest BCUT2D eigenvalue weighted by Gasteiger charge is 2.15. The number of methoxy groups -OCH3 is 2. The van der Waals surface area contributed by atoms with Gasteiger partial charge in [-0.15, -0.1) is 0 Å². The Bertz CT molecular complexity index is 410. The Labute approximate surface area is 123 Å². The maximum atomic E-state index is 9.13. The molecule has 0 aromatic heterocycles. The van der Waals surface area contributed by atoms with E-state index in [9.17, 15) is 0 Å². The molecule has 0 fully saturated rings. The molecule has 0 spiro atoms. The molecule has 0 saturated carbocycles. The zero-order valence-electron chi connectivity index (χ0n) is 11.9. The van der Waals surface area contributed by atoms with Gasteiger partial charge in [-0.05, 0) is 41.9 Å². The second kappa shape index (κ2) is 7.72. The molecule has 0 aliphatic rings. The van der Waals surface area contributed by atoms with E-state index in [0.717, 1.165) is 21.5 Å². The third-order valence-corrected chi connectivity index (χ3v) is 3.67. The number of hydrogen-bond donors (Lipinski definition) is 1. The van der Waals surface area contributed by atoms with Crippen molar-refractivity contribution >= 4 is 15.9 Å². The number of aliphatic hydroxyl groups excluding tert-OH is 1. The van der Waals surface area contributed by atoms with Crippen molar-refractivity contribution in [1.82, 2.24) is 4.90 Å². The van der Waals surface area contributed by atoms with Crippen LogP contribution >= 0.6 is 15.9 Å². The summed E-state index contributed by atoms with van der Waals surface area (Å²) in [7, 11) is 3.30. The smallest absolute Gasteiger partial charge is 0.133 e. The van der Waals surface area contributed by atoms with Crippen molar-refractivity contribution in [1.29, 1.82) is 0 Å². The fourth-order valence-electron chi connectivity index (χ4n) is 1.91. The third-order valence-electron chi connectivity index (χ3n) is 3.05. The summed E-state index contributed by atoms with van der Waals surface area (Å²) in [5, 5.41) is 9.13. The van der Waals surface area contributed by atoms with Gasteiger partial charge in [-0.25, -0.2) is 0 Å². The normalized spacial score (nSPS) is 11.2. The summed E-state index contributed by atoms with van der Waals surface area (Å²) in [4.78, 5) is 2.19. The lowest BCUT2D eigenvalue weighted by atomic mass is 10.1. The van der Waals surface area contributed by atoms with E-state index in [1.807, 2.05) is 12.1 Å². The molecule has 0 aliphatic heterocycles. The van der Waals surface area contributed by atoms with Crippen molar-refractivity contribution in [3.63, 3.8) is 0 Å². The van der Waals surface area contributed by atoms with E-state index in [0.29, 0.717) is 19.1 Å². The Kier molecular flexibility index (Phi) is 6.62. The molecule has 0 bridgehead atoms. The van der Waals surface area contributed by atoms with Crippen molar-refractivity contribution in [3.8, 4) is 11.5 Å². The van der Waals surface area contributed by atoms with Crippen LogP contribution in [-0.2, 0) is 6.54 Å². The second-order valence-corrected chi connectivity index (χ2v) is 5.44. The van der Waals surface area contributed by atoms with Crippen LogP contribution in [0.2, 0.25) is 0 Å². The fraction of sp³-hybridized carbons (Fsp3) is 0.571. The first-order chi connectivity index (χ1) is 9.03. The maximum Gasteiger partial charge on any atom is 0.133 e. The van der Waals surface area contributed by atoms with Crippen molar-refractivity contribution in [2.45, 2.75) is 26.4 Å². The average molecular weight is 332 g/mol. The van der Waals surface area contributed by atoms with Crippen LogP contribution in [0.4, 0.5) is 0 Å². The van der Waals surface area contributed by atoms with Crippen LogP contribution in [0, 0.1) is 0 Å². The van der Waals surface area contributed by atoms with E-state index >= 15 is 0 Å². The third kappa shape index (κ3) is 4.37. The minimum Gasteiger partial charge on any atom is -0.496 e. The predicted octanol–water partition coefficient (Wildman–Crippen LogP) is 2.67. The highest BCUT2D eigenvalue weighted by molar-refractivity contribution is 9.10. The Morgan fingerprint density at radius 3 is 2.32 bits per heavy atom. The zero-order valence-corrected chi connectivity index (χ0v) is 13.5. The highest BCUT2D eigenvalue weighted by atomic mass is 79.9. The lowest BCUT2D eigenvalue weighted by Gasteiger charge is -2.26. The van der Waals surface area contributed by atoms with Crippen LogP contribution in [0.15, 0.2) is 16.6 Å². The van der Waals surface area contributed by atoms with Gasteiger partial charge in [0.15, 0.2) is 0 Å². The van der Waals surface area contributed by atoms with E-state index in [2.05, 4.69) is 34.7 Å². The number of halogens is 1. The fourth-order valence-corrected chi connectivity index (χ4v) is 2.40. The minimum atomic E-state index is 0.147. The van der Waals surface area contributed by atoms with Crippen molar-refractivity contribution in [3.05, 3.63) is 22.2 Å². The first kappa shape index (κ1) is 16.3. The summed E-state index contributed by atoms with van der Waals surface area (Å²) in [5.74, 6) is 1.60. The zero-order chi connectivity index (χ0) is 14.4. The minimum absolute atomic E-state index is 0.147.